The minimum atomic E-state index is -1.56. The molecule has 0 saturated carbocycles. The van der Waals surface area contributed by atoms with E-state index in [9.17, 15) is 13.6 Å². The normalized spacial score (nSPS) is 10.3. The van der Waals surface area contributed by atoms with Gasteiger partial charge in [0.25, 0.3) is 5.91 Å². The molecule has 0 heterocycles. The quantitative estimate of drug-likeness (QED) is 0.722. The van der Waals surface area contributed by atoms with Crippen LogP contribution in [0.25, 0.3) is 0 Å². The van der Waals surface area contributed by atoms with E-state index in [1.165, 1.54) is 24.3 Å². The summed E-state index contributed by atoms with van der Waals surface area (Å²) in [5.74, 6) is -2.99. The van der Waals surface area contributed by atoms with E-state index in [0.29, 0.717) is 11.0 Å². The molecule has 4 nitrogen and oxygen atoms in total. The Bertz CT molecular complexity index is 647. The SMILES string of the molecule is O=C(NCc1ccc(B(O)O)cc1)c1cccc(F)c1F. The zero-order chi connectivity index (χ0) is 15.4. The van der Waals surface area contributed by atoms with Crippen molar-refractivity contribution in [3.8, 4) is 0 Å². The summed E-state index contributed by atoms with van der Waals surface area (Å²) in [4.78, 5) is 11.8. The van der Waals surface area contributed by atoms with Gasteiger partial charge < -0.3 is 15.4 Å². The lowest BCUT2D eigenvalue weighted by Gasteiger charge is -2.07. The lowest BCUT2D eigenvalue weighted by atomic mass is 9.80. The summed E-state index contributed by atoms with van der Waals surface area (Å²) in [5, 5.41) is 20.4. The molecule has 7 heteroatoms. The molecule has 0 radical (unpaired) electrons. The van der Waals surface area contributed by atoms with E-state index >= 15 is 0 Å². The molecule has 1 amide bonds. The Kier molecular flexibility index (Phi) is 4.67. The van der Waals surface area contributed by atoms with Gasteiger partial charge in [-0.25, -0.2) is 8.78 Å². The van der Waals surface area contributed by atoms with Crippen LogP contribution in [0.3, 0.4) is 0 Å². The molecule has 21 heavy (non-hydrogen) atoms. The third kappa shape index (κ3) is 3.65. The molecule has 0 bridgehead atoms. The minimum Gasteiger partial charge on any atom is -0.423 e. The van der Waals surface area contributed by atoms with Crippen LogP contribution in [0.15, 0.2) is 42.5 Å². The molecule has 3 N–H and O–H groups in total. The summed E-state index contributed by atoms with van der Waals surface area (Å²) in [5.41, 5.74) is 0.642. The highest BCUT2D eigenvalue weighted by molar-refractivity contribution is 6.58. The molecule has 0 aliphatic carbocycles. The molecule has 0 aliphatic rings. The third-order valence-corrected chi connectivity index (χ3v) is 2.93. The summed E-state index contributed by atoms with van der Waals surface area (Å²) >= 11 is 0. The van der Waals surface area contributed by atoms with Gasteiger partial charge in [0.1, 0.15) is 0 Å². The van der Waals surface area contributed by atoms with Crippen molar-refractivity contribution >= 4 is 18.5 Å². The van der Waals surface area contributed by atoms with E-state index in [1.54, 1.807) is 12.1 Å². The Balaban J connectivity index is 2.02. The summed E-state index contributed by atoms with van der Waals surface area (Å²) in [6.45, 7) is 0.108. The predicted molar refractivity (Wildman–Crippen MR) is 73.8 cm³/mol. The van der Waals surface area contributed by atoms with Crippen molar-refractivity contribution in [2.75, 3.05) is 0 Å². The highest BCUT2D eigenvalue weighted by Crippen LogP contribution is 2.11. The Hall–Kier alpha value is -2.25. The fourth-order valence-electron chi connectivity index (χ4n) is 1.76. The number of rotatable bonds is 4. The van der Waals surface area contributed by atoms with E-state index in [1.807, 2.05) is 0 Å². The molecule has 0 fully saturated rings. The number of halogens is 2. The minimum absolute atomic E-state index is 0.108. The zero-order valence-corrected chi connectivity index (χ0v) is 10.9. The lowest BCUT2D eigenvalue weighted by molar-refractivity contribution is 0.0946. The van der Waals surface area contributed by atoms with Crippen LogP contribution in [0.2, 0.25) is 0 Å². The van der Waals surface area contributed by atoms with Gasteiger partial charge in [-0.3, -0.25) is 4.79 Å². The number of amides is 1. The predicted octanol–water partition coefficient (Wildman–Crippen LogP) is 0.575. The van der Waals surface area contributed by atoms with E-state index in [4.69, 9.17) is 10.0 Å². The topological polar surface area (TPSA) is 69.6 Å². The van der Waals surface area contributed by atoms with Gasteiger partial charge in [0.05, 0.1) is 5.56 Å². The van der Waals surface area contributed by atoms with E-state index < -0.39 is 24.7 Å². The van der Waals surface area contributed by atoms with Gasteiger partial charge in [-0.15, -0.1) is 0 Å². The second-order valence-corrected chi connectivity index (χ2v) is 4.40. The number of nitrogens with one attached hydrogen (secondary N) is 1. The molecular formula is C14H12BF2NO3. The van der Waals surface area contributed by atoms with Crippen molar-refractivity contribution in [1.82, 2.24) is 5.32 Å². The molecule has 2 rings (SSSR count). The molecule has 2 aromatic rings. The summed E-state index contributed by atoms with van der Waals surface area (Å²) in [6.07, 6.45) is 0. The van der Waals surface area contributed by atoms with Gasteiger partial charge >= 0.3 is 7.12 Å². The molecule has 0 aliphatic heterocycles. The maximum absolute atomic E-state index is 13.4. The van der Waals surface area contributed by atoms with E-state index in [-0.39, 0.29) is 12.1 Å². The number of hydrogen-bond donors (Lipinski definition) is 3. The third-order valence-electron chi connectivity index (χ3n) is 2.93. The first-order valence-electron chi connectivity index (χ1n) is 6.16. The average Bonchev–Trinajstić information content (AvgIpc) is 2.48. The highest BCUT2D eigenvalue weighted by Gasteiger charge is 2.15. The molecule has 2 aromatic carbocycles. The van der Waals surface area contributed by atoms with Crippen LogP contribution in [0, 0.1) is 11.6 Å². The fourth-order valence-corrected chi connectivity index (χ4v) is 1.76. The van der Waals surface area contributed by atoms with Crippen LogP contribution >= 0.6 is 0 Å². The van der Waals surface area contributed by atoms with Crippen LogP contribution in [-0.4, -0.2) is 23.1 Å². The van der Waals surface area contributed by atoms with Gasteiger partial charge in [0.15, 0.2) is 11.6 Å². The van der Waals surface area contributed by atoms with Gasteiger partial charge in [-0.1, -0.05) is 30.3 Å². The van der Waals surface area contributed by atoms with E-state index in [0.717, 1.165) is 6.07 Å². The number of benzene rings is 2. The van der Waals surface area contributed by atoms with Crippen LogP contribution in [0.1, 0.15) is 15.9 Å². The maximum Gasteiger partial charge on any atom is 0.488 e. The van der Waals surface area contributed by atoms with Crippen molar-refractivity contribution in [2.24, 2.45) is 0 Å². The van der Waals surface area contributed by atoms with Crippen LogP contribution in [0.4, 0.5) is 8.78 Å². The Morgan fingerprint density at radius 2 is 1.76 bits per heavy atom. The Morgan fingerprint density at radius 1 is 1.10 bits per heavy atom. The Morgan fingerprint density at radius 3 is 2.38 bits per heavy atom. The van der Waals surface area contributed by atoms with Gasteiger partial charge in [0.2, 0.25) is 0 Å². The maximum atomic E-state index is 13.4. The number of carbonyl (C=O) groups is 1. The highest BCUT2D eigenvalue weighted by atomic mass is 19.2. The monoisotopic (exact) mass is 291 g/mol. The van der Waals surface area contributed by atoms with Gasteiger partial charge in [-0.2, -0.15) is 0 Å². The van der Waals surface area contributed by atoms with Crippen molar-refractivity contribution in [3.63, 3.8) is 0 Å². The largest absolute Gasteiger partial charge is 0.488 e. The second kappa shape index (κ2) is 6.47. The standard InChI is InChI=1S/C14H12BF2NO3/c16-12-3-1-2-11(13(12)17)14(19)18-8-9-4-6-10(7-5-9)15(20)21/h1-7,20-21H,8H2,(H,18,19). The first-order chi connectivity index (χ1) is 9.99. The molecule has 0 spiro atoms. The first kappa shape index (κ1) is 15.1. The summed E-state index contributed by atoms with van der Waals surface area (Å²) in [6, 6.07) is 9.56. The van der Waals surface area contributed by atoms with Crippen LogP contribution in [0.5, 0.6) is 0 Å². The number of hydrogen-bond acceptors (Lipinski definition) is 3. The summed E-state index contributed by atoms with van der Waals surface area (Å²) in [7, 11) is -1.56. The molecule has 0 aromatic heterocycles. The average molecular weight is 291 g/mol. The van der Waals surface area contributed by atoms with Crippen molar-refractivity contribution in [3.05, 3.63) is 65.2 Å². The lowest BCUT2D eigenvalue weighted by Crippen LogP contribution is -2.30. The first-order valence-corrected chi connectivity index (χ1v) is 6.16. The van der Waals surface area contributed by atoms with E-state index in [2.05, 4.69) is 5.32 Å². The van der Waals surface area contributed by atoms with Crippen molar-refractivity contribution < 1.29 is 23.6 Å². The van der Waals surface area contributed by atoms with Crippen molar-refractivity contribution in [1.29, 1.82) is 0 Å². The van der Waals surface area contributed by atoms with Gasteiger partial charge in [-0.05, 0) is 23.2 Å². The smallest absolute Gasteiger partial charge is 0.423 e. The van der Waals surface area contributed by atoms with Crippen LogP contribution < -0.4 is 10.8 Å². The molecule has 0 unspecified atom stereocenters. The fraction of sp³-hybridized carbons (Fsp3) is 0.0714. The summed E-state index contributed by atoms with van der Waals surface area (Å²) < 4.78 is 26.4. The number of carbonyl (C=O) groups excluding carboxylic acids is 1. The van der Waals surface area contributed by atoms with Crippen LogP contribution in [-0.2, 0) is 6.54 Å². The molecule has 108 valence electrons. The second-order valence-electron chi connectivity index (χ2n) is 4.40. The zero-order valence-electron chi connectivity index (χ0n) is 10.9. The molecule has 0 saturated heterocycles. The van der Waals surface area contributed by atoms with Crippen molar-refractivity contribution in [2.45, 2.75) is 6.54 Å². The van der Waals surface area contributed by atoms with Gasteiger partial charge in [0, 0.05) is 6.54 Å². The molecule has 0 atom stereocenters. The Labute approximate surface area is 120 Å². The molecular weight excluding hydrogens is 279 g/mol.